The van der Waals surface area contributed by atoms with E-state index >= 15 is 0 Å². The van der Waals surface area contributed by atoms with E-state index in [9.17, 15) is 9.18 Å². The SMILES string of the molecule is CC(=O)c1ccc(OCc2ncnn2C)cc1F. The van der Waals surface area contributed by atoms with Gasteiger partial charge in [-0.1, -0.05) is 0 Å². The third kappa shape index (κ3) is 2.53. The Hall–Kier alpha value is -2.24. The van der Waals surface area contributed by atoms with E-state index in [1.807, 2.05) is 0 Å². The largest absolute Gasteiger partial charge is 0.486 e. The molecule has 0 spiro atoms. The summed E-state index contributed by atoms with van der Waals surface area (Å²) in [6.45, 7) is 1.51. The van der Waals surface area contributed by atoms with Crippen molar-refractivity contribution in [3.63, 3.8) is 0 Å². The van der Waals surface area contributed by atoms with Crippen LogP contribution in [0.3, 0.4) is 0 Å². The zero-order valence-corrected chi connectivity index (χ0v) is 10.1. The summed E-state index contributed by atoms with van der Waals surface area (Å²) in [4.78, 5) is 15.0. The van der Waals surface area contributed by atoms with Crippen LogP contribution in [-0.4, -0.2) is 20.5 Å². The molecule has 0 amide bonds. The summed E-state index contributed by atoms with van der Waals surface area (Å²) in [6.07, 6.45) is 1.41. The second-order valence-corrected chi connectivity index (χ2v) is 3.79. The monoisotopic (exact) mass is 249 g/mol. The highest BCUT2D eigenvalue weighted by Gasteiger charge is 2.09. The van der Waals surface area contributed by atoms with Crippen molar-refractivity contribution in [2.24, 2.45) is 7.05 Å². The smallest absolute Gasteiger partial charge is 0.164 e. The second kappa shape index (κ2) is 4.95. The molecule has 1 heterocycles. The number of Topliss-reactive ketones (excluding diaryl/α,β-unsaturated/α-hetero) is 1. The minimum Gasteiger partial charge on any atom is -0.486 e. The molecule has 94 valence electrons. The van der Waals surface area contributed by atoms with Gasteiger partial charge in [-0.3, -0.25) is 9.48 Å². The molecule has 0 aliphatic heterocycles. The summed E-state index contributed by atoms with van der Waals surface area (Å²) >= 11 is 0. The minimum atomic E-state index is -0.585. The number of rotatable bonds is 4. The normalized spacial score (nSPS) is 10.4. The number of carbonyl (C=O) groups is 1. The van der Waals surface area contributed by atoms with Crippen LogP contribution in [0.2, 0.25) is 0 Å². The number of ether oxygens (including phenoxy) is 1. The standard InChI is InChI=1S/C12H12FN3O2/c1-8(17)10-4-3-9(5-11(10)13)18-6-12-14-7-15-16(12)2/h3-5,7H,6H2,1-2H3. The number of hydrogen-bond donors (Lipinski definition) is 0. The average molecular weight is 249 g/mol. The van der Waals surface area contributed by atoms with Crippen LogP contribution in [0, 0.1) is 5.82 Å². The van der Waals surface area contributed by atoms with Crippen molar-refractivity contribution in [3.05, 3.63) is 41.7 Å². The maximum atomic E-state index is 13.5. The van der Waals surface area contributed by atoms with Gasteiger partial charge in [-0.05, 0) is 19.1 Å². The molecule has 0 bridgehead atoms. The maximum absolute atomic E-state index is 13.5. The highest BCUT2D eigenvalue weighted by molar-refractivity contribution is 5.94. The molecule has 0 atom stereocenters. The van der Waals surface area contributed by atoms with E-state index in [0.717, 1.165) is 0 Å². The topological polar surface area (TPSA) is 57.0 Å². The van der Waals surface area contributed by atoms with Crippen LogP contribution in [0.15, 0.2) is 24.5 Å². The lowest BCUT2D eigenvalue weighted by atomic mass is 10.1. The fourth-order valence-electron chi connectivity index (χ4n) is 1.47. The number of nitrogens with zero attached hydrogens (tertiary/aromatic N) is 3. The predicted octanol–water partition coefficient (Wildman–Crippen LogP) is 1.74. The molecular weight excluding hydrogens is 237 g/mol. The Bertz CT molecular complexity index is 580. The molecule has 0 aliphatic carbocycles. The third-order valence-electron chi connectivity index (χ3n) is 2.49. The summed E-state index contributed by atoms with van der Waals surface area (Å²) in [5.41, 5.74) is 0.0565. The van der Waals surface area contributed by atoms with Crippen molar-refractivity contribution >= 4 is 5.78 Å². The number of ketones is 1. The fraction of sp³-hybridized carbons (Fsp3) is 0.250. The molecule has 0 aliphatic rings. The first-order valence-corrected chi connectivity index (χ1v) is 5.34. The molecule has 18 heavy (non-hydrogen) atoms. The maximum Gasteiger partial charge on any atom is 0.164 e. The highest BCUT2D eigenvalue weighted by Crippen LogP contribution is 2.17. The zero-order chi connectivity index (χ0) is 13.1. The molecule has 0 radical (unpaired) electrons. The summed E-state index contributed by atoms with van der Waals surface area (Å²) in [7, 11) is 1.74. The van der Waals surface area contributed by atoms with Crippen LogP contribution < -0.4 is 4.74 Å². The summed E-state index contributed by atoms with van der Waals surface area (Å²) < 4.78 is 20.5. The molecule has 0 unspecified atom stereocenters. The van der Waals surface area contributed by atoms with Crippen molar-refractivity contribution in [3.8, 4) is 5.75 Å². The Morgan fingerprint density at radius 3 is 2.83 bits per heavy atom. The molecule has 6 heteroatoms. The number of hydrogen-bond acceptors (Lipinski definition) is 4. The van der Waals surface area contributed by atoms with Crippen molar-refractivity contribution in [1.82, 2.24) is 14.8 Å². The van der Waals surface area contributed by atoms with Crippen molar-refractivity contribution in [2.75, 3.05) is 0 Å². The fourth-order valence-corrected chi connectivity index (χ4v) is 1.47. The Labute approximate surface area is 103 Å². The molecule has 0 saturated heterocycles. The molecule has 0 saturated carbocycles. The third-order valence-corrected chi connectivity index (χ3v) is 2.49. The predicted molar refractivity (Wildman–Crippen MR) is 61.7 cm³/mol. The van der Waals surface area contributed by atoms with Crippen LogP contribution in [0.25, 0.3) is 0 Å². The number of carbonyl (C=O) groups excluding carboxylic acids is 1. The lowest BCUT2D eigenvalue weighted by Gasteiger charge is -2.06. The van der Waals surface area contributed by atoms with Gasteiger partial charge >= 0.3 is 0 Å². The molecular formula is C12H12FN3O2. The first kappa shape index (κ1) is 12.2. The Kier molecular flexibility index (Phi) is 3.36. The summed E-state index contributed by atoms with van der Waals surface area (Å²) in [6, 6.07) is 4.15. The van der Waals surface area contributed by atoms with Crippen LogP contribution >= 0.6 is 0 Å². The highest BCUT2D eigenvalue weighted by atomic mass is 19.1. The molecule has 1 aromatic carbocycles. The second-order valence-electron chi connectivity index (χ2n) is 3.79. The first-order chi connectivity index (χ1) is 8.58. The lowest BCUT2D eigenvalue weighted by molar-refractivity contribution is 0.101. The van der Waals surface area contributed by atoms with E-state index in [1.54, 1.807) is 17.8 Å². The lowest BCUT2D eigenvalue weighted by Crippen LogP contribution is -2.05. The van der Waals surface area contributed by atoms with Gasteiger partial charge in [-0.25, -0.2) is 9.37 Å². The van der Waals surface area contributed by atoms with E-state index < -0.39 is 5.82 Å². The van der Waals surface area contributed by atoms with Crippen molar-refractivity contribution < 1.29 is 13.9 Å². The van der Waals surface area contributed by atoms with E-state index in [4.69, 9.17) is 4.74 Å². The van der Waals surface area contributed by atoms with Gasteiger partial charge in [-0.15, -0.1) is 0 Å². The molecule has 5 nitrogen and oxygen atoms in total. The number of halogens is 1. The van der Waals surface area contributed by atoms with Crippen LogP contribution in [-0.2, 0) is 13.7 Å². The van der Waals surface area contributed by atoms with Crippen molar-refractivity contribution in [1.29, 1.82) is 0 Å². The zero-order valence-electron chi connectivity index (χ0n) is 10.1. The van der Waals surface area contributed by atoms with Crippen LogP contribution in [0.1, 0.15) is 23.1 Å². The Morgan fingerprint density at radius 1 is 1.50 bits per heavy atom. The van der Waals surface area contributed by atoms with E-state index in [0.29, 0.717) is 11.6 Å². The molecule has 0 fully saturated rings. The van der Waals surface area contributed by atoms with Gasteiger partial charge in [0.2, 0.25) is 0 Å². The molecule has 2 rings (SSSR count). The van der Waals surface area contributed by atoms with Crippen LogP contribution in [0.4, 0.5) is 4.39 Å². The summed E-state index contributed by atoms with van der Waals surface area (Å²) in [5.74, 6) is 0.0804. The molecule has 0 N–H and O–H groups in total. The van der Waals surface area contributed by atoms with Gasteiger partial charge in [0, 0.05) is 13.1 Å². The molecule has 1 aromatic heterocycles. The number of aryl methyl sites for hydroxylation is 1. The Balaban J connectivity index is 2.09. The van der Waals surface area contributed by atoms with Gasteiger partial charge in [0.15, 0.2) is 11.6 Å². The van der Waals surface area contributed by atoms with Gasteiger partial charge in [-0.2, -0.15) is 5.10 Å². The van der Waals surface area contributed by atoms with E-state index in [2.05, 4.69) is 10.1 Å². The minimum absolute atomic E-state index is 0.0565. The average Bonchev–Trinajstić information content (AvgIpc) is 2.72. The van der Waals surface area contributed by atoms with Gasteiger partial charge < -0.3 is 4.74 Å². The molecule has 2 aromatic rings. The van der Waals surface area contributed by atoms with E-state index in [1.165, 1.54) is 25.4 Å². The number of benzene rings is 1. The van der Waals surface area contributed by atoms with Gasteiger partial charge in [0.1, 0.15) is 24.5 Å². The Morgan fingerprint density at radius 2 is 2.28 bits per heavy atom. The van der Waals surface area contributed by atoms with Gasteiger partial charge in [0.25, 0.3) is 0 Å². The number of aromatic nitrogens is 3. The summed E-state index contributed by atoms with van der Waals surface area (Å²) in [5, 5.41) is 3.89. The van der Waals surface area contributed by atoms with E-state index in [-0.39, 0.29) is 18.0 Å². The first-order valence-electron chi connectivity index (χ1n) is 5.34. The van der Waals surface area contributed by atoms with Crippen molar-refractivity contribution in [2.45, 2.75) is 13.5 Å². The quantitative estimate of drug-likeness (QED) is 0.774. The van der Waals surface area contributed by atoms with Gasteiger partial charge in [0.05, 0.1) is 5.56 Å². The van der Waals surface area contributed by atoms with Crippen LogP contribution in [0.5, 0.6) is 5.75 Å².